The van der Waals surface area contributed by atoms with Gasteiger partial charge < -0.3 is 10.1 Å². The van der Waals surface area contributed by atoms with E-state index in [1.165, 1.54) is 0 Å². The second kappa shape index (κ2) is 4.86. The van der Waals surface area contributed by atoms with E-state index in [0.717, 1.165) is 12.2 Å². The number of rotatable bonds is 2. The van der Waals surface area contributed by atoms with Crippen LogP contribution in [0, 0.1) is 0 Å². The minimum absolute atomic E-state index is 0.300. The van der Waals surface area contributed by atoms with Crippen LogP contribution in [-0.4, -0.2) is 24.7 Å². The van der Waals surface area contributed by atoms with Gasteiger partial charge in [0.2, 0.25) is 0 Å². The van der Waals surface area contributed by atoms with Crippen molar-refractivity contribution in [3.63, 3.8) is 0 Å². The maximum Gasteiger partial charge on any atom is 0.278 e. The van der Waals surface area contributed by atoms with Crippen molar-refractivity contribution in [1.82, 2.24) is 5.48 Å². The first kappa shape index (κ1) is 12.7. The molecule has 5 nitrogen and oxygen atoms in total. The van der Waals surface area contributed by atoms with E-state index in [2.05, 4.69) is 10.8 Å². The molecular formula is C13H18N2O3. The molecule has 0 bridgehead atoms. The monoisotopic (exact) mass is 250 g/mol. The summed E-state index contributed by atoms with van der Waals surface area (Å²) in [5.74, 6) is 0.282. The number of para-hydroxylation sites is 1. The van der Waals surface area contributed by atoms with Crippen LogP contribution in [0.5, 0.6) is 5.75 Å². The van der Waals surface area contributed by atoms with E-state index in [-0.39, 0.29) is 5.91 Å². The maximum atomic E-state index is 12.0. The number of amides is 1. The lowest BCUT2D eigenvalue weighted by Gasteiger charge is -2.23. The number of benzene rings is 1. The molecule has 0 spiro atoms. The van der Waals surface area contributed by atoms with E-state index in [4.69, 9.17) is 9.57 Å². The normalized spacial score (nSPS) is 14.2. The van der Waals surface area contributed by atoms with Gasteiger partial charge in [0, 0.05) is 6.54 Å². The Morgan fingerprint density at radius 1 is 1.44 bits per heavy atom. The van der Waals surface area contributed by atoms with Crippen molar-refractivity contribution in [3.05, 3.63) is 23.8 Å². The summed E-state index contributed by atoms with van der Waals surface area (Å²) < 4.78 is 5.53. The lowest BCUT2D eigenvalue weighted by atomic mass is 10.1. The average molecular weight is 250 g/mol. The largest absolute Gasteiger partial charge is 0.489 e. The van der Waals surface area contributed by atoms with Crippen LogP contribution in [0.4, 0.5) is 5.69 Å². The summed E-state index contributed by atoms with van der Waals surface area (Å²) in [5.41, 5.74) is 3.33. The van der Waals surface area contributed by atoms with E-state index in [1.54, 1.807) is 6.07 Å². The van der Waals surface area contributed by atoms with Gasteiger partial charge >= 0.3 is 0 Å². The summed E-state index contributed by atoms with van der Waals surface area (Å²) in [5, 5.41) is 3.18. The minimum Gasteiger partial charge on any atom is -0.489 e. The Bertz CT molecular complexity index is 452. The number of carbonyl (C=O) groups is 1. The molecule has 0 saturated carbocycles. The molecule has 0 aromatic heterocycles. The Balaban J connectivity index is 2.15. The fourth-order valence-electron chi connectivity index (χ4n) is 1.60. The van der Waals surface area contributed by atoms with Gasteiger partial charge in [0.25, 0.3) is 5.91 Å². The van der Waals surface area contributed by atoms with Crippen molar-refractivity contribution in [3.8, 4) is 5.75 Å². The van der Waals surface area contributed by atoms with Crippen LogP contribution in [0.3, 0.4) is 0 Å². The van der Waals surface area contributed by atoms with E-state index >= 15 is 0 Å². The Kier molecular flexibility index (Phi) is 3.43. The van der Waals surface area contributed by atoms with Crippen LogP contribution < -0.4 is 15.5 Å². The number of nitrogens with one attached hydrogen (secondary N) is 2. The third-order valence-corrected chi connectivity index (χ3v) is 2.37. The molecule has 2 N–H and O–H groups in total. The van der Waals surface area contributed by atoms with Crippen molar-refractivity contribution < 1.29 is 14.4 Å². The Morgan fingerprint density at radius 3 is 2.94 bits per heavy atom. The van der Waals surface area contributed by atoms with Crippen molar-refractivity contribution in [2.75, 3.05) is 18.5 Å². The number of anilines is 1. The topological polar surface area (TPSA) is 59.6 Å². The van der Waals surface area contributed by atoms with Gasteiger partial charge in [0.1, 0.15) is 6.61 Å². The van der Waals surface area contributed by atoms with Crippen LogP contribution in [0.25, 0.3) is 0 Å². The molecule has 0 saturated heterocycles. The Hall–Kier alpha value is -1.75. The highest BCUT2D eigenvalue weighted by atomic mass is 16.7. The fourth-order valence-corrected chi connectivity index (χ4v) is 1.60. The number of fused-ring (bicyclic) bond motifs is 1. The standard InChI is InChI=1S/C13H18N2O3/c1-13(2,3)18-15-12(16)9-5-4-6-10-11(9)17-8-7-14-10/h4-6,14H,7-8H2,1-3H3,(H,15,16). The van der Waals surface area contributed by atoms with Gasteiger partial charge in [-0.05, 0) is 32.9 Å². The highest BCUT2D eigenvalue weighted by Crippen LogP contribution is 2.31. The zero-order valence-electron chi connectivity index (χ0n) is 10.9. The third kappa shape index (κ3) is 2.92. The first-order valence-electron chi connectivity index (χ1n) is 5.95. The molecule has 0 fully saturated rings. The second-order valence-electron chi connectivity index (χ2n) is 5.10. The molecule has 1 aromatic rings. The van der Waals surface area contributed by atoms with E-state index < -0.39 is 5.60 Å². The first-order chi connectivity index (χ1) is 8.47. The molecule has 0 aliphatic carbocycles. The van der Waals surface area contributed by atoms with Gasteiger partial charge in [0.05, 0.1) is 16.9 Å². The van der Waals surface area contributed by atoms with E-state index in [9.17, 15) is 4.79 Å². The molecule has 0 radical (unpaired) electrons. The predicted molar refractivity (Wildman–Crippen MR) is 68.7 cm³/mol. The van der Waals surface area contributed by atoms with E-state index in [1.807, 2.05) is 32.9 Å². The van der Waals surface area contributed by atoms with Crippen LogP contribution >= 0.6 is 0 Å². The molecule has 0 unspecified atom stereocenters. The molecule has 0 atom stereocenters. The molecule has 98 valence electrons. The lowest BCUT2D eigenvalue weighted by molar-refractivity contribution is -0.0590. The van der Waals surface area contributed by atoms with Crippen LogP contribution in [0.15, 0.2) is 18.2 Å². The van der Waals surface area contributed by atoms with Crippen molar-refractivity contribution >= 4 is 11.6 Å². The summed E-state index contributed by atoms with van der Waals surface area (Å²) >= 11 is 0. The Labute approximate surface area is 106 Å². The van der Waals surface area contributed by atoms with Crippen LogP contribution in [0.1, 0.15) is 31.1 Å². The van der Waals surface area contributed by atoms with Gasteiger partial charge in [0.15, 0.2) is 5.75 Å². The van der Waals surface area contributed by atoms with E-state index in [0.29, 0.717) is 17.9 Å². The average Bonchev–Trinajstić information content (AvgIpc) is 2.34. The maximum absolute atomic E-state index is 12.0. The van der Waals surface area contributed by atoms with Gasteiger partial charge in [-0.25, -0.2) is 5.48 Å². The van der Waals surface area contributed by atoms with Gasteiger partial charge in [-0.2, -0.15) is 0 Å². The SMILES string of the molecule is CC(C)(C)ONC(=O)c1cccc2c1OCCN2. The molecule has 5 heteroatoms. The zero-order valence-corrected chi connectivity index (χ0v) is 10.9. The van der Waals surface area contributed by atoms with Crippen LogP contribution in [0.2, 0.25) is 0 Å². The number of hydroxylamine groups is 1. The molecule has 1 aliphatic rings. The van der Waals surface area contributed by atoms with Crippen molar-refractivity contribution in [2.45, 2.75) is 26.4 Å². The minimum atomic E-state index is -0.427. The van der Waals surface area contributed by atoms with Gasteiger partial charge in [-0.15, -0.1) is 0 Å². The first-order valence-corrected chi connectivity index (χ1v) is 5.95. The summed E-state index contributed by atoms with van der Waals surface area (Å²) in [6, 6.07) is 5.41. The second-order valence-corrected chi connectivity index (χ2v) is 5.10. The zero-order chi connectivity index (χ0) is 13.2. The molecule has 1 heterocycles. The number of hydrogen-bond donors (Lipinski definition) is 2. The number of carbonyl (C=O) groups excluding carboxylic acids is 1. The quantitative estimate of drug-likeness (QED) is 0.788. The Morgan fingerprint density at radius 2 is 2.22 bits per heavy atom. The highest BCUT2D eigenvalue weighted by molar-refractivity contribution is 5.98. The van der Waals surface area contributed by atoms with Crippen molar-refractivity contribution in [2.24, 2.45) is 0 Å². The summed E-state index contributed by atoms with van der Waals surface area (Å²) in [6.07, 6.45) is 0. The molecule has 1 aromatic carbocycles. The van der Waals surface area contributed by atoms with Gasteiger partial charge in [-0.1, -0.05) is 6.07 Å². The predicted octanol–water partition coefficient (Wildman–Crippen LogP) is 1.95. The summed E-state index contributed by atoms with van der Waals surface area (Å²) in [4.78, 5) is 17.3. The lowest BCUT2D eigenvalue weighted by Crippen LogP contribution is -2.34. The molecular weight excluding hydrogens is 232 g/mol. The summed E-state index contributed by atoms with van der Waals surface area (Å²) in [6.45, 7) is 6.90. The van der Waals surface area contributed by atoms with Gasteiger partial charge in [-0.3, -0.25) is 9.63 Å². The smallest absolute Gasteiger partial charge is 0.278 e. The number of ether oxygens (including phenoxy) is 1. The van der Waals surface area contributed by atoms with Crippen LogP contribution in [-0.2, 0) is 4.84 Å². The number of hydrogen-bond acceptors (Lipinski definition) is 4. The summed E-state index contributed by atoms with van der Waals surface area (Å²) in [7, 11) is 0. The molecule has 2 rings (SSSR count). The molecule has 18 heavy (non-hydrogen) atoms. The fraction of sp³-hybridized carbons (Fsp3) is 0.462. The molecule has 1 amide bonds. The molecule has 1 aliphatic heterocycles. The highest BCUT2D eigenvalue weighted by Gasteiger charge is 2.20. The van der Waals surface area contributed by atoms with Crippen molar-refractivity contribution in [1.29, 1.82) is 0 Å². The third-order valence-electron chi connectivity index (χ3n) is 2.37.